The molecule has 0 spiro atoms. The van der Waals surface area contributed by atoms with Crippen molar-refractivity contribution >= 4 is 27.4 Å². The molecule has 8 nitrogen and oxygen atoms in total. The van der Waals surface area contributed by atoms with Crippen molar-refractivity contribution in [3.8, 4) is 0 Å². The lowest BCUT2D eigenvalue weighted by Gasteiger charge is -2.26. The molecular formula is C21H26N4O4S. The largest absolute Gasteiger partial charge is 0.380 e. The predicted octanol–water partition coefficient (Wildman–Crippen LogP) is 2.43. The normalized spacial score (nSPS) is 20.1. The van der Waals surface area contributed by atoms with Crippen molar-refractivity contribution in [3.05, 3.63) is 54.6 Å². The van der Waals surface area contributed by atoms with Gasteiger partial charge in [0.2, 0.25) is 10.0 Å². The maximum Gasteiger partial charge on any atom is 0.321 e. The third-order valence-corrected chi connectivity index (χ3v) is 7.21. The maximum absolute atomic E-state index is 12.8. The average molecular weight is 431 g/mol. The minimum Gasteiger partial charge on any atom is -0.380 e. The van der Waals surface area contributed by atoms with E-state index in [4.69, 9.17) is 4.74 Å². The molecule has 2 amide bonds. The summed E-state index contributed by atoms with van der Waals surface area (Å²) < 4.78 is 32.3. The molecule has 0 saturated carbocycles. The van der Waals surface area contributed by atoms with Crippen molar-refractivity contribution < 1.29 is 17.9 Å². The Hall–Kier alpha value is -2.62. The summed E-state index contributed by atoms with van der Waals surface area (Å²) in [6.45, 7) is 2.69. The number of anilines is 2. The summed E-state index contributed by atoms with van der Waals surface area (Å²) in [6.07, 6.45) is 0.855. The van der Waals surface area contributed by atoms with Crippen molar-refractivity contribution in [3.63, 3.8) is 0 Å². The number of urea groups is 1. The highest BCUT2D eigenvalue weighted by Crippen LogP contribution is 2.22. The van der Waals surface area contributed by atoms with Crippen LogP contribution in [-0.4, -0.2) is 69.1 Å². The van der Waals surface area contributed by atoms with Crippen molar-refractivity contribution in [1.29, 1.82) is 0 Å². The van der Waals surface area contributed by atoms with E-state index in [0.29, 0.717) is 45.1 Å². The highest BCUT2D eigenvalue weighted by molar-refractivity contribution is 7.89. The molecule has 0 radical (unpaired) electrons. The SMILES string of the molecule is O=C(Nc1cccc(S(=O)(=O)N2CCOCC2)c1)N1CCC(Nc2ccccc2)C1. The first-order valence-corrected chi connectivity index (χ1v) is 11.5. The summed E-state index contributed by atoms with van der Waals surface area (Å²) in [5, 5.41) is 6.27. The molecule has 2 aliphatic heterocycles. The molecule has 30 heavy (non-hydrogen) atoms. The second-order valence-electron chi connectivity index (χ2n) is 7.42. The highest BCUT2D eigenvalue weighted by atomic mass is 32.2. The summed E-state index contributed by atoms with van der Waals surface area (Å²) in [5.41, 5.74) is 1.50. The Morgan fingerprint density at radius 3 is 2.47 bits per heavy atom. The van der Waals surface area contributed by atoms with Crippen LogP contribution in [0.4, 0.5) is 16.2 Å². The molecule has 0 bridgehead atoms. The third-order valence-electron chi connectivity index (χ3n) is 5.31. The predicted molar refractivity (Wildman–Crippen MR) is 115 cm³/mol. The lowest BCUT2D eigenvalue weighted by Crippen LogP contribution is -2.40. The van der Waals surface area contributed by atoms with Crippen molar-refractivity contribution in [2.24, 2.45) is 0 Å². The van der Waals surface area contributed by atoms with Gasteiger partial charge in [0.05, 0.1) is 18.1 Å². The summed E-state index contributed by atoms with van der Waals surface area (Å²) in [6, 6.07) is 16.3. The molecule has 2 aromatic carbocycles. The Kier molecular flexibility index (Phi) is 6.21. The average Bonchev–Trinajstić information content (AvgIpc) is 3.24. The van der Waals surface area contributed by atoms with Crippen LogP contribution < -0.4 is 10.6 Å². The Morgan fingerprint density at radius 2 is 1.70 bits per heavy atom. The number of rotatable bonds is 5. The number of ether oxygens (including phenoxy) is 1. The standard InChI is InChI=1S/C21H26N4O4S/c26-21(24-10-9-19(16-24)22-17-5-2-1-3-6-17)23-18-7-4-8-20(15-18)30(27,28)25-11-13-29-14-12-25/h1-8,15,19,22H,9-14,16H2,(H,23,26). The molecule has 0 aromatic heterocycles. The van der Waals surface area contributed by atoms with Gasteiger partial charge in [0, 0.05) is 43.6 Å². The number of morpholine rings is 1. The van der Waals surface area contributed by atoms with Crippen LogP contribution in [0.15, 0.2) is 59.5 Å². The second kappa shape index (κ2) is 9.03. The smallest absolute Gasteiger partial charge is 0.321 e. The zero-order chi connectivity index (χ0) is 21.0. The molecular weight excluding hydrogens is 404 g/mol. The second-order valence-corrected chi connectivity index (χ2v) is 9.35. The van der Waals surface area contributed by atoms with E-state index in [0.717, 1.165) is 12.1 Å². The van der Waals surface area contributed by atoms with Crippen molar-refractivity contribution in [2.75, 3.05) is 50.0 Å². The van der Waals surface area contributed by atoms with Gasteiger partial charge in [-0.1, -0.05) is 24.3 Å². The Bertz CT molecular complexity index is 978. The van der Waals surface area contributed by atoms with Crippen LogP contribution in [0, 0.1) is 0 Å². The van der Waals surface area contributed by atoms with E-state index in [1.165, 1.54) is 10.4 Å². The van der Waals surface area contributed by atoms with Crippen molar-refractivity contribution in [1.82, 2.24) is 9.21 Å². The number of amides is 2. The van der Waals surface area contributed by atoms with Gasteiger partial charge < -0.3 is 20.3 Å². The molecule has 4 rings (SSSR count). The summed E-state index contributed by atoms with van der Waals surface area (Å²) in [5.74, 6) is 0. The van der Waals surface area contributed by atoms with Crippen LogP contribution in [0.25, 0.3) is 0 Å². The highest BCUT2D eigenvalue weighted by Gasteiger charge is 2.28. The van der Waals surface area contributed by atoms with Crippen molar-refractivity contribution in [2.45, 2.75) is 17.4 Å². The van der Waals surface area contributed by atoms with Crippen LogP contribution >= 0.6 is 0 Å². The Balaban J connectivity index is 1.37. The molecule has 2 heterocycles. The van der Waals surface area contributed by atoms with Crippen LogP contribution in [0.5, 0.6) is 0 Å². The number of hydrogen-bond acceptors (Lipinski definition) is 5. The fourth-order valence-electron chi connectivity index (χ4n) is 3.71. The van der Waals surface area contributed by atoms with Crippen LogP contribution in [-0.2, 0) is 14.8 Å². The van der Waals surface area contributed by atoms with E-state index in [1.54, 1.807) is 23.1 Å². The molecule has 1 unspecified atom stereocenters. The zero-order valence-electron chi connectivity index (χ0n) is 16.7. The lowest BCUT2D eigenvalue weighted by atomic mass is 10.2. The zero-order valence-corrected chi connectivity index (χ0v) is 17.5. The molecule has 160 valence electrons. The number of benzene rings is 2. The van der Waals surface area contributed by atoms with Gasteiger partial charge in [-0.15, -0.1) is 0 Å². The van der Waals surface area contributed by atoms with Crippen LogP contribution in [0.1, 0.15) is 6.42 Å². The number of carbonyl (C=O) groups is 1. The molecule has 9 heteroatoms. The van der Waals surface area contributed by atoms with Gasteiger partial charge in [0.1, 0.15) is 0 Å². The molecule has 2 saturated heterocycles. The molecule has 2 N–H and O–H groups in total. The fourth-order valence-corrected chi connectivity index (χ4v) is 5.16. The van der Waals surface area contributed by atoms with Crippen LogP contribution in [0.3, 0.4) is 0 Å². The van der Waals surface area contributed by atoms with Gasteiger partial charge in [-0.25, -0.2) is 13.2 Å². The van der Waals surface area contributed by atoms with Gasteiger partial charge in [-0.2, -0.15) is 4.31 Å². The van der Waals surface area contributed by atoms with E-state index in [9.17, 15) is 13.2 Å². The Labute approximate surface area is 176 Å². The number of para-hydroxylation sites is 1. The number of nitrogens with one attached hydrogen (secondary N) is 2. The number of likely N-dealkylation sites (tertiary alicyclic amines) is 1. The molecule has 0 aliphatic carbocycles. The summed E-state index contributed by atoms with van der Waals surface area (Å²) >= 11 is 0. The lowest BCUT2D eigenvalue weighted by molar-refractivity contribution is 0.0730. The molecule has 2 aromatic rings. The fraction of sp³-hybridized carbons (Fsp3) is 0.381. The van der Waals surface area contributed by atoms with Gasteiger partial charge in [0.25, 0.3) is 0 Å². The summed E-state index contributed by atoms with van der Waals surface area (Å²) in [4.78, 5) is 14.6. The van der Waals surface area contributed by atoms with E-state index >= 15 is 0 Å². The number of hydrogen-bond donors (Lipinski definition) is 2. The van der Waals surface area contributed by atoms with Gasteiger partial charge in [-0.05, 0) is 36.8 Å². The van der Waals surface area contributed by atoms with E-state index in [-0.39, 0.29) is 17.0 Å². The number of carbonyl (C=O) groups excluding carboxylic acids is 1. The van der Waals surface area contributed by atoms with Gasteiger partial charge >= 0.3 is 6.03 Å². The van der Waals surface area contributed by atoms with E-state index < -0.39 is 10.0 Å². The first-order valence-electron chi connectivity index (χ1n) is 10.1. The Morgan fingerprint density at radius 1 is 0.967 bits per heavy atom. The number of sulfonamides is 1. The molecule has 1 atom stereocenters. The molecule has 2 aliphatic rings. The van der Waals surface area contributed by atoms with E-state index in [1.807, 2.05) is 30.3 Å². The monoisotopic (exact) mass is 430 g/mol. The maximum atomic E-state index is 12.8. The first-order chi connectivity index (χ1) is 14.5. The third kappa shape index (κ3) is 4.75. The summed E-state index contributed by atoms with van der Waals surface area (Å²) in [7, 11) is -3.60. The number of nitrogens with zero attached hydrogens (tertiary/aromatic N) is 2. The minimum absolute atomic E-state index is 0.173. The quantitative estimate of drug-likeness (QED) is 0.760. The topological polar surface area (TPSA) is 91.0 Å². The first kappa shape index (κ1) is 20.6. The van der Waals surface area contributed by atoms with Gasteiger partial charge in [-0.3, -0.25) is 0 Å². The van der Waals surface area contributed by atoms with Crippen LogP contribution in [0.2, 0.25) is 0 Å². The molecule has 2 fully saturated rings. The van der Waals surface area contributed by atoms with Gasteiger partial charge in [0.15, 0.2) is 0 Å². The minimum atomic E-state index is -3.60. The van der Waals surface area contributed by atoms with E-state index in [2.05, 4.69) is 10.6 Å².